The molecule has 0 saturated carbocycles. The van der Waals surface area contributed by atoms with Crippen molar-refractivity contribution < 1.29 is 9.21 Å². The number of furan rings is 1. The van der Waals surface area contributed by atoms with E-state index < -0.39 is 0 Å². The molecular formula is C23H25ClN4O2. The second-order valence-electron chi connectivity index (χ2n) is 7.83. The molecule has 3 heterocycles. The molecule has 1 aliphatic heterocycles. The lowest BCUT2D eigenvalue weighted by molar-refractivity contribution is 0.0715. The van der Waals surface area contributed by atoms with Crippen molar-refractivity contribution in [2.75, 3.05) is 31.1 Å². The number of anilines is 1. The third kappa shape index (κ3) is 4.33. The Morgan fingerprint density at radius 1 is 1.03 bits per heavy atom. The summed E-state index contributed by atoms with van der Waals surface area (Å²) >= 11 is 5.94. The molecular weight excluding hydrogens is 400 g/mol. The number of rotatable bonds is 4. The number of carbonyl (C=O) groups is 1. The summed E-state index contributed by atoms with van der Waals surface area (Å²) in [6.45, 7) is 8.88. The Morgan fingerprint density at radius 3 is 2.40 bits per heavy atom. The maximum atomic E-state index is 12.9. The van der Waals surface area contributed by atoms with E-state index in [1.165, 1.54) is 0 Å². The maximum Gasteiger partial charge on any atom is 0.289 e. The summed E-state index contributed by atoms with van der Waals surface area (Å²) in [5.74, 6) is 2.99. The topological polar surface area (TPSA) is 62.5 Å². The molecule has 0 radical (unpaired) electrons. The van der Waals surface area contributed by atoms with Crippen molar-refractivity contribution in [3.05, 3.63) is 64.8 Å². The van der Waals surface area contributed by atoms with Crippen molar-refractivity contribution in [1.29, 1.82) is 0 Å². The van der Waals surface area contributed by atoms with Gasteiger partial charge < -0.3 is 14.2 Å². The van der Waals surface area contributed by atoms with E-state index in [9.17, 15) is 4.79 Å². The number of hydrogen-bond donors (Lipinski definition) is 0. The zero-order valence-corrected chi connectivity index (χ0v) is 18.2. The molecule has 1 fully saturated rings. The standard InChI is InChI=1S/C23H25ClN4O2/c1-15(2)22-25-16(3)14-21(26-22)27-10-12-28(13-11-27)23(29)20-9-8-19(30-20)17-4-6-18(24)7-5-17/h4-9,14-15H,10-13H2,1-3H3. The number of carbonyl (C=O) groups excluding carboxylic acids is 1. The van der Waals surface area contributed by atoms with Crippen LogP contribution in [0.1, 0.15) is 41.8 Å². The average molecular weight is 425 g/mol. The molecule has 1 aromatic carbocycles. The van der Waals surface area contributed by atoms with E-state index in [0.29, 0.717) is 29.6 Å². The van der Waals surface area contributed by atoms with E-state index in [2.05, 4.69) is 23.7 Å². The van der Waals surface area contributed by atoms with Crippen molar-refractivity contribution in [2.24, 2.45) is 0 Å². The van der Waals surface area contributed by atoms with Crippen molar-refractivity contribution in [3.8, 4) is 11.3 Å². The van der Waals surface area contributed by atoms with Crippen molar-refractivity contribution >= 4 is 23.3 Å². The first-order valence-electron chi connectivity index (χ1n) is 10.2. The predicted molar refractivity (Wildman–Crippen MR) is 118 cm³/mol. The van der Waals surface area contributed by atoms with Crippen LogP contribution in [0, 0.1) is 6.92 Å². The third-order valence-corrected chi connectivity index (χ3v) is 5.46. The third-order valence-electron chi connectivity index (χ3n) is 5.21. The van der Waals surface area contributed by atoms with Gasteiger partial charge in [-0.05, 0) is 43.3 Å². The van der Waals surface area contributed by atoms with Gasteiger partial charge in [-0.3, -0.25) is 4.79 Å². The highest BCUT2D eigenvalue weighted by atomic mass is 35.5. The molecule has 0 N–H and O–H groups in total. The van der Waals surface area contributed by atoms with E-state index in [-0.39, 0.29) is 11.8 Å². The molecule has 30 heavy (non-hydrogen) atoms. The first-order chi connectivity index (χ1) is 14.4. The van der Waals surface area contributed by atoms with E-state index in [1.807, 2.05) is 36.1 Å². The lowest BCUT2D eigenvalue weighted by Gasteiger charge is -2.35. The van der Waals surface area contributed by atoms with E-state index >= 15 is 0 Å². The van der Waals surface area contributed by atoms with Crippen LogP contribution in [-0.4, -0.2) is 47.0 Å². The average Bonchev–Trinajstić information content (AvgIpc) is 3.23. The monoisotopic (exact) mass is 424 g/mol. The fourth-order valence-electron chi connectivity index (χ4n) is 3.51. The molecule has 1 amide bonds. The van der Waals surface area contributed by atoms with Crippen molar-refractivity contribution in [1.82, 2.24) is 14.9 Å². The molecule has 1 aliphatic rings. The van der Waals surface area contributed by atoms with E-state index in [1.54, 1.807) is 18.2 Å². The Kier molecular flexibility index (Phi) is 5.77. The molecule has 3 aromatic rings. The summed E-state index contributed by atoms with van der Waals surface area (Å²) in [5, 5.41) is 0.666. The van der Waals surface area contributed by atoms with Crippen LogP contribution in [0.4, 0.5) is 5.82 Å². The second-order valence-corrected chi connectivity index (χ2v) is 8.27. The first kappa shape index (κ1) is 20.4. The second kappa shape index (κ2) is 8.48. The lowest BCUT2D eigenvalue weighted by atomic mass is 10.2. The molecule has 1 saturated heterocycles. The molecule has 0 unspecified atom stereocenters. The molecule has 6 nitrogen and oxygen atoms in total. The van der Waals surface area contributed by atoms with Gasteiger partial charge in [0.1, 0.15) is 17.4 Å². The number of nitrogens with zero attached hydrogens (tertiary/aromatic N) is 4. The minimum absolute atomic E-state index is 0.0865. The van der Waals surface area contributed by atoms with Gasteiger partial charge in [0, 0.05) is 54.4 Å². The van der Waals surface area contributed by atoms with Gasteiger partial charge in [-0.15, -0.1) is 0 Å². The van der Waals surface area contributed by atoms with Crippen LogP contribution >= 0.6 is 11.6 Å². The zero-order valence-electron chi connectivity index (χ0n) is 17.4. The number of hydrogen-bond acceptors (Lipinski definition) is 5. The summed E-state index contributed by atoms with van der Waals surface area (Å²) in [7, 11) is 0. The summed E-state index contributed by atoms with van der Waals surface area (Å²) in [6.07, 6.45) is 0. The SMILES string of the molecule is Cc1cc(N2CCN(C(=O)c3ccc(-c4ccc(Cl)cc4)o3)CC2)nc(C(C)C)n1. The quantitative estimate of drug-likeness (QED) is 0.602. The van der Waals surface area contributed by atoms with Crippen LogP contribution in [0.5, 0.6) is 0 Å². The Balaban J connectivity index is 1.42. The van der Waals surface area contributed by atoms with Gasteiger partial charge in [-0.1, -0.05) is 25.4 Å². The summed E-state index contributed by atoms with van der Waals surface area (Å²) in [5.41, 5.74) is 1.86. The number of benzene rings is 1. The van der Waals surface area contributed by atoms with Crippen LogP contribution in [0.2, 0.25) is 5.02 Å². The molecule has 0 aliphatic carbocycles. The van der Waals surface area contributed by atoms with Gasteiger partial charge in [-0.2, -0.15) is 0 Å². The lowest BCUT2D eigenvalue weighted by Crippen LogP contribution is -2.49. The van der Waals surface area contributed by atoms with Gasteiger partial charge in [0.25, 0.3) is 5.91 Å². The molecule has 0 atom stereocenters. The van der Waals surface area contributed by atoms with Crippen LogP contribution in [0.25, 0.3) is 11.3 Å². The summed E-state index contributed by atoms with van der Waals surface area (Å²) in [4.78, 5) is 26.2. The Labute approximate surface area is 181 Å². The molecule has 7 heteroatoms. The van der Waals surface area contributed by atoms with Gasteiger partial charge in [-0.25, -0.2) is 9.97 Å². The summed E-state index contributed by atoms with van der Waals surface area (Å²) < 4.78 is 5.83. The normalized spacial score (nSPS) is 14.4. The van der Waals surface area contributed by atoms with Crippen LogP contribution in [0.15, 0.2) is 46.9 Å². The maximum absolute atomic E-state index is 12.9. The van der Waals surface area contributed by atoms with Gasteiger partial charge in [0.2, 0.25) is 0 Å². The fraction of sp³-hybridized carbons (Fsp3) is 0.348. The Bertz CT molecular complexity index is 1040. The largest absolute Gasteiger partial charge is 0.451 e. The minimum atomic E-state index is -0.0865. The molecule has 0 spiro atoms. The fourth-order valence-corrected chi connectivity index (χ4v) is 3.64. The molecule has 156 valence electrons. The van der Waals surface area contributed by atoms with E-state index in [4.69, 9.17) is 21.0 Å². The summed E-state index contributed by atoms with van der Waals surface area (Å²) in [6, 6.07) is 12.9. The number of halogens is 1. The number of piperazine rings is 1. The first-order valence-corrected chi connectivity index (χ1v) is 10.5. The van der Waals surface area contributed by atoms with E-state index in [0.717, 1.165) is 36.0 Å². The smallest absolute Gasteiger partial charge is 0.289 e. The zero-order chi connectivity index (χ0) is 21.3. The highest BCUT2D eigenvalue weighted by molar-refractivity contribution is 6.30. The van der Waals surface area contributed by atoms with Crippen LogP contribution in [0.3, 0.4) is 0 Å². The predicted octanol–water partition coefficient (Wildman–Crippen LogP) is 4.78. The number of aryl methyl sites for hydroxylation is 1. The van der Waals surface area contributed by atoms with Gasteiger partial charge in [0.15, 0.2) is 5.76 Å². The minimum Gasteiger partial charge on any atom is -0.451 e. The molecule has 0 bridgehead atoms. The Morgan fingerprint density at radius 2 is 1.73 bits per heavy atom. The molecule has 4 rings (SSSR count). The highest BCUT2D eigenvalue weighted by Gasteiger charge is 2.25. The van der Waals surface area contributed by atoms with Crippen molar-refractivity contribution in [3.63, 3.8) is 0 Å². The molecule has 2 aromatic heterocycles. The van der Waals surface area contributed by atoms with Crippen LogP contribution in [-0.2, 0) is 0 Å². The Hall–Kier alpha value is -2.86. The van der Waals surface area contributed by atoms with Gasteiger partial charge in [0.05, 0.1) is 0 Å². The number of aromatic nitrogens is 2. The van der Waals surface area contributed by atoms with Gasteiger partial charge >= 0.3 is 0 Å². The highest BCUT2D eigenvalue weighted by Crippen LogP contribution is 2.25. The van der Waals surface area contributed by atoms with Crippen molar-refractivity contribution in [2.45, 2.75) is 26.7 Å². The number of amides is 1. The van der Waals surface area contributed by atoms with Crippen LogP contribution < -0.4 is 4.90 Å².